The first-order valence-electron chi connectivity index (χ1n) is 9.07. The minimum Gasteiger partial charge on any atom is -0.481 e. The lowest BCUT2D eigenvalue weighted by Crippen LogP contribution is -2.35. The summed E-state index contributed by atoms with van der Waals surface area (Å²) in [4.78, 5) is 12.4. The molecule has 28 heavy (non-hydrogen) atoms. The molecule has 3 aromatic carbocycles. The number of benzene rings is 3. The lowest BCUT2D eigenvalue weighted by Gasteiger charge is -2.26. The van der Waals surface area contributed by atoms with Gasteiger partial charge in [0.15, 0.2) is 0 Å². The topological polar surface area (TPSA) is 37.3 Å². The van der Waals surface area contributed by atoms with E-state index in [-0.39, 0.29) is 12.8 Å². The van der Waals surface area contributed by atoms with Gasteiger partial charge in [-0.25, -0.2) is 0 Å². The number of hydrogen-bond acceptors (Lipinski definition) is 1. The second-order valence-corrected chi connectivity index (χ2v) is 6.44. The summed E-state index contributed by atoms with van der Waals surface area (Å²) in [5, 5.41) is 10.1. The van der Waals surface area contributed by atoms with Crippen LogP contribution in [0.5, 0.6) is 0 Å². The summed E-state index contributed by atoms with van der Waals surface area (Å²) < 4.78 is 0. The number of carboxylic acids is 1. The number of aliphatic carboxylic acids is 1. The zero-order chi connectivity index (χ0) is 19.7. The number of carboxylic acid groups (broad SMARTS) is 1. The van der Waals surface area contributed by atoms with E-state index >= 15 is 0 Å². The number of carbonyl (C=O) groups is 1. The van der Waals surface area contributed by atoms with E-state index in [4.69, 9.17) is 0 Å². The normalized spacial score (nSPS) is 10.1. The van der Waals surface area contributed by atoms with Gasteiger partial charge in [-0.3, -0.25) is 4.79 Å². The van der Waals surface area contributed by atoms with E-state index in [1.807, 2.05) is 91.0 Å². The van der Waals surface area contributed by atoms with E-state index in [0.29, 0.717) is 5.56 Å². The number of hydrogen-bond donors (Lipinski definition) is 1. The van der Waals surface area contributed by atoms with Crippen LogP contribution in [0.3, 0.4) is 0 Å². The highest BCUT2D eigenvalue weighted by molar-refractivity contribution is 5.82. The summed E-state index contributed by atoms with van der Waals surface area (Å²) in [5.74, 6) is 11.4. The van der Waals surface area contributed by atoms with Gasteiger partial charge in [-0.2, -0.15) is 0 Å². The standard InChI is InChI=1S/C26H20O2/c27-25(28)26(24-18-8-3-9-19-24,20-10-16-22-12-4-1-5-13-22)21-11-17-23-14-6-2-7-15-23/h1-9,12-15,18-19H,20-21H2,(H,27,28). The molecule has 136 valence electrons. The van der Waals surface area contributed by atoms with Crippen molar-refractivity contribution in [2.24, 2.45) is 0 Å². The van der Waals surface area contributed by atoms with E-state index in [1.54, 1.807) is 0 Å². The third-order valence-corrected chi connectivity index (χ3v) is 4.53. The Labute approximate surface area is 165 Å². The van der Waals surface area contributed by atoms with Gasteiger partial charge in [0.2, 0.25) is 0 Å². The molecule has 0 aromatic heterocycles. The zero-order valence-electron chi connectivity index (χ0n) is 15.4. The molecule has 3 rings (SSSR count). The maximum absolute atomic E-state index is 12.4. The van der Waals surface area contributed by atoms with Crippen LogP contribution in [0.4, 0.5) is 0 Å². The molecule has 0 saturated carbocycles. The molecule has 2 nitrogen and oxygen atoms in total. The maximum atomic E-state index is 12.4. The van der Waals surface area contributed by atoms with E-state index in [9.17, 15) is 9.90 Å². The monoisotopic (exact) mass is 364 g/mol. The molecule has 1 N–H and O–H groups in total. The van der Waals surface area contributed by atoms with E-state index in [2.05, 4.69) is 23.7 Å². The average molecular weight is 364 g/mol. The quantitative estimate of drug-likeness (QED) is 0.669. The highest BCUT2D eigenvalue weighted by Gasteiger charge is 2.39. The number of rotatable bonds is 4. The molecule has 0 spiro atoms. The lowest BCUT2D eigenvalue weighted by atomic mass is 9.75. The van der Waals surface area contributed by atoms with Crippen molar-refractivity contribution in [1.29, 1.82) is 0 Å². The van der Waals surface area contributed by atoms with E-state index in [1.165, 1.54) is 0 Å². The molecule has 0 aliphatic carbocycles. The summed E-state index contributed by atoms with van der Waals surface area (Å²) in [5.41, 5.74) is 1.27. The Kier molecular flexibility index (Phi) is 6.29. The molecule has 0 atom stereocenters. The van der Waals surface area contributed by atoms with Crippen LogP contribution >= 0.6 is 0 Å². The van der Waals surface area contributed by atoms with Crippen molar-refractivity contribution in [3.05, 3.63) is 108 Å². The van der Waals surface area contributed by atoms with Crippen molar-refractivity contribution in [3.63, 3.8) is 0 Å². The molecule has 0 aliphatic rings. The third kappa shape index (κ3) is 4.70. The Balaban J connectivity index is 1.94. The Morgan fingerprint density at radius 3 is 1.46 bits per heavy atom. The van der Waals surface area contributed by atoms with Gasteiger partial charge in [-0.1, -0.05) is 90.4 Å². The van der Waals surface area contributed by atoms with Crippen LogP contribution in [0.15, 0.2) is 91.0 Å². The van der Waals surface area contributed by atoms with Crippen LogP contribution in [0.2, 0.25) is 0 Å². The second-order valence-electron chi connectivity index (χ2n) is 6.44. The van der Waals surface area contributed by atoms with Gasteiger partial charge in [0.05, 0.1) is 0 Å². The van der Waals surface area contributed by atoms with Crippen LogP contribution in [0.25, 0.3) is 0 Å². The summed E-state index contributed by atoms with van der Waals surface area (Å²) in [6.07, 6.45) is 0.370. The summed E-state index contributed by atoms with van der Waals surface area (Å²) in [6.45, 7) is 0. The van der Waals surface area contributed by atoms with E-state index in [0.717, 1.165) is 11.1 Å². The fraction of sp³-hybridized carbons (Fsp3) is 0.115. The minimum absolute atomic E-state index is 0.185. The van der Waals surface area contributed by atoms with Gasteiger partial charge in [-0.05, 0) is 29.8 Å². The van der Waals surface area contributed by atoms with Gasteiger partial charge in [-0.15, -0.1) is 0 Å². The molecule has 0 unspecified atom stereocenters. The molecule has 0 saturated heterocycles. The molecular weight excluding hydrogens is 344 g/mol. The molecule has 0 aliphatic heterocycles. The molecular formula is C26H20O2. The predicted molar refractivity (Wildman–Crippen MR) is 112 cm³/mol. The maximum Gasteiger partial charge on any atom is 0.316 e. The molecule has 0 heterocycles. The SMILES string of the molecule is O=C(O)C(CC#Cc1ccccc1)(CC#Cc1ccccc1)c1ccccc1. The largest absolute Gasteiger partial charge is 0.481 e. The Hall–Kier alpha value is -3.75. The van der Waals surface area contributed by atoms with Gasteiger partial charge < -0.3 is 5.11 Å². The van der Waals surface area contributed by atoms with Crippen LogP contribution in [0, 0.1) is 23.7 Å². The van der Waals surface area contributed by atoms with Crippen molar-refractivity contribution >= 4 is 5.97 Å². The van der Waals surface area contributed by atoms with Crippen molar-refractivity contribution in [1.82, 2.24) is 0 Å². The minimum atomic E-state index is -1.18. The van der Waals surface area contributed by atoms with Gasteiger partial charge in [0.1, 0.15) is 5.41 Å². The molecule has 0 amide bonds. The highest BCUT2D eigenvalue weighted by atomic mass is 16.4. The van der Waals surface area contributed by atoms with Crippen molar-refractivity contribution < 1.29 is 9.90 Å². The third-order valence-electron chi connectivity index (χ3n) is 4.53. The van der Waals surface area contributed by atoms with E-state index < -0.39 is 11.4 Å². The Bertz CT molecular complexity index is 971. The lowest BCUT2D eigenvalue weighted by molar-refractivity contribution is -0.143. The predicted octanol–water partition coefficient (Wildman–Crippen LogP) is 4.89. The molecule has 2 heteroatoms. The first kappa shape index (κ1) is 19.0. The van der Waals surface area contributed by atoms with Crippen LogP contribution < -0.4 is 0 Å². The zero-order valence-corrected chi connectivity index (χ0v) is 15.4. The molecule has 0 radical (unpaired) electrons. The van der Waals surface area contributed by atoms with Crippen molar-refractivity contribution in [3.8, 4) is 23.7 Å². The average Bonchev–Trinajstić information content (AvgIpc) is 2.74. The van der Waals surface area contributed by atoms with Crippen molar-refractivity contribution in [2.75, 3.05) is 0 Å². The van der Waals surface area contributed by atoms with Crippen molar-refractivity contribution in [2.45, 2.75) is 18.3 Å². The first-order chi connectivity index (χ1) is 13.7. The molecule has 0 bridgehead atoms. The van der Waals surface area contributed by atoms with Gasteiger partial charge in [0.25, 0.3) is 0 Å². The second kappa shape index (κ2) is 9.26. The summed E-state index contributed by atoms with van der Waals surface area (Å²) in [7, 11) is 0. The molecule has 0 fully saturated rings. The fourth-order valence-corrected chi connectivity index (χ4v) is 2.94. The summed E-state index contributed by atoms with van der Waals surface area (Å²) in [6, 6.07) is 28.4. The van der Waals surface area contributed by atoms with Gasteiger partial charge in [0, 0.05) is 24.0 Å². The van der Waals surface area contributed by atoms with Gasteiger partial charge >= 0.3 is 5.97 Å². The van der Waals surface area contributed by atoms with Crippen LogP contribution in [-0.2, 0) is 10.2 Å². The first-order valence-corrected chi connectivity index (χ1v) is 9.07. The fourth-order valence-electron chi connectivity index (χ4n) is 2.94. The smallest absolute Gasteiger partial charge is 0.316 e. The van der Waals surface area contributed by atoms with Crippen LogP contribution in [0.1, 0.15) is 29.5 Å². The molecule has 3 aromatic rings. The van der Waals surface area contributed by atoms with Crippen LogP contribution in [-0.4, -0.2) is 11.1 Å². The highest BCUT2D eigenvalue weighted by Crippen LogP contribution is 2.32. The Morgan fingerprint density at radius 2 is 1.07 bits per heavy atom. The Morgan fingerprint density at radius 1 is 0.679 bits per heavy atom. The summed E-state index contributed by atoms with van der Waals surface area (Å²) >= 11 is 0.